The predicted octanol–water partition coefficient (Wildman–Crippen LogP) is 1.66. The molecule has 102 valence electrons. The quantitative estimate of drug-likeness (QED) is 0.741. The summed E-state index contributed by atoms with van der Waals surface area (Å²) < 4.78 is 26.7. The molecule has 0 atom stereocenters. The highest BCUT2D eigenvalue weighted by Gasteiger charge is 2.17. The van der Waals surface area contributed by atoms with Gasteiger partial charge in [0.2, 0.25) is 0 Å². The Hall–Kier alpha value is -2.02. The minimum absolute atomic E-state index is 0.0449. The average molecular weight is 280 g/mol. The summed E-state index contributed by atoms with van der Waals surface area (Å²) in [6.07, 6.45) is 1.95. The van der Waals surface area contributed by atoms with Gasteiger partial charge in [0.25, 0.3) is 10.0 Å². The SMILES string of the molecule is CCc1ncc(S(=O)(=O)Nc2ccc(C)c(N)c2)[nH]1. The minimum Gasteiger partial charge on any atom is -0.398 e. The molecule has 7 heteroatoms. The van der Waals surface area contributed by atoms with Crippen molar-refractivity contribution in [2.45, 2.75) is 25.3 Å². The summed E-state index contributed by atoms with van der Waals surface area (Å²) in [4.78, 5) is 6.73. The maximum Gasteiger partial charge on any atom is 0.278 e. The van der Waals surface area contributed by atoms with E-state index in [2.05, 4.69) is 14.7 Å². The topological polar surface area (TPSA) is 101 Å². The number of nitrogens with one attached hydrogen (secondary N) is 2. The molecule has 2 aromatic rings. The Balaban J connectivity index is 2.28. The van der Waals surface area contributed by atoms with Crippen LogP contribution in [0.25, 0.3) is 0 Å². The normalized spacial score (nSPS) is 11.5. The van der Waals surface area contributed by atoms with Crippen molar-refractivity contribution in [2.24, 2.45) is 0 Å². The van der Waals surface area contributed by atoms with Crippen molar-refractivity contribution in [1.29, 1.82) is 0 Å². The maximum absolute atomic E-state index is 12.1. The number of nitrogen functional groups attached to an aromatic ring is 1. The lowest BCUT2D eigenvalue weighted by atomic mass is 10.2. The zero-order valence-corrected chi connectivity index (χ0v) is 11.6. The first-order valence-electron chi connectivity index (χ1n) is 5.85. The van der Waals surface area contributed by atoms with Crippen LogP contribution in [0.3, 0.4) is 0 Å². The first-order valence-corrected chi connectivity index (χ1v) is 7.33. The lowest BCUT2D eigenvalue weighted by Gasteiger charge is -2.08. The number of nitrogens with zero attached hydrogens (tertiary/aromatic N) is 1. The molecule has 0 aliphatic rings. The van der Waals surface area contributed by atoms with Gasteiger partial charge >= 0.3 is 0 Å². The standard InChI is InChI=1S/C12H16N4O2S/c1-3-11-14-7-12(15-11)19(17,18)16-9-5-4-8(2)10(13)6-9/h4-7,16H,3,13H2,1-2H3,(H,14,15). The smallest absolute Gasteiger partial charge is 0.278 e. The molecule has 0 amide bonds. The minimum atomic E-state index is -3.66. The molecule has 0 saturated carbocycles. The Morgan fingerprint density at radius 2 is 2.16 bits per heavy atom. The molecule has 0 radical (unpaired) electrons. The summed E-state index contributed by atoms with van der Waals surface area (Å²) in [7, 11) is -3.66. The second kappa shape index (κ2) is 4.93. The summed E-state index contributed by atoms with van der Waals surface area (Å²) in [5.74, 6) is 0.629. The van der Waals surface area contributed by atoms with Gasteiger partial charge in [0.05, 0.1) is 11.9 Å². The van der Waals surface area contributed by atoms with E-state index in [1.54, 1.807) is 18.2 Å². The van der Waals surface area contributed by atoms with Gasteiger partial charge in [-0.15, -0.1) is 0 Å². The third-order valence-corrected chi connectivity index (χ3v) is 4.05. The van der Waals surface area contributed by atoms with E-state index in [0.29, 0.717) is 23.6 Å². The Morgan fingerprint density at radius 1 is 1.42 bits per heavy atom. The van der Waals surface area contributed by atoms with E-state index in [4.69, 9.17) is 5.73 Å². The summed E-state index contributed by atoms with van der Waals surface area (Å²) in [5.41, 5.74) is 7.62. The van der Waals surface area contributed by atoms with Crippen LogP contribution in [0.1, 0.15) is 18.3 Å². The lowest BCUT2D eigenvalue weighted by Crippen LogP contribution is -2.13. The monoisotopic (exact) mass is 280 g/mol. The molecule has 0 bridgehead atoms. The summed E-state index contributed by atoms with van der Waals surface area (Å²) in [6, 6.07) is 5.02. The van der Waals surface area contributed by atoms with Gasteiger partial charge < -0.3 is 10.7 Å². The summed E-state index contributed by atoms with van der Waals surface area (Å²) in [5, 5.41) is 0.0449. The van der Waals surface area contributed by atoms with E-state index in [9.17, 15) is 8.42 Å². The molecule has 1 aromatic carbocycles. The number of aryl methyl sites for hydroxylation is 2. The molecule has 2 rings (SSSR count). The molecule has 0 aliphatic carbocycles. The van der Waals surface area contributed by atoms with E-state index >= 15 is 0 Å². The molecule has 4 N–H and O–H groups in total. The number of aromatic nitrogens is 2. The largest absolute Gasteiger partial charge is 0.398 e. The molecule has 6 nitrogen and oxygen atoms in total. The van der Waals surface area contributed by atoms with Gasteiger partial charge in [-0.2, -0.15) is 8.42 Å². The molecule has 0 saturated heterocycles. The lowest BCUT2D eigenvalue weighted by molar-refractivity contribution is 0.598. The number of hydrogen-bond donors (Lipinski definition) is 3. The molecule has 19 heavy (non-hydrogen) atoms. The number of sulfonamides is 1. The number of hydrogen-bond acceptors (Lipinski definition) is 4. The second-order valence-corrected chi connectivity index (χ2v) is 5.88. The number of nitrogens with two attached hydrogens (primary N) is 1. The van der Waals surface area contributed by atoms with Crippen molar-refractivity contribution in [3.8, 4) is 0 Å². The number of benzene rings is 1. The van der Waals surface area contributed by atoms with Gasteiger partial charge in [-0.05, 0) is 24.6 Å². The fourth-order valence-electron chi connectivity index (χ4n) is 1.57. The van der Waals surface area contributed by atoms with Crippen LogP contribution in [0.15, 0.2) is 29.4 Å². The first kappa shape index (κ1) is 13.4. The third kappa shape index (κ3) is 2.87. The van der Waals surface area contributed by atoms with E-state index in [1.807, 2.05) is 13.8 Å². The Morgan fingerprint density at radius 3 is 2.74 bits per heavy atom. The Labute approximate surface area is 112 Å². The van der Waals surface area contributed by atoms with Crippen LogP contribution < -0.4 is 10.5 Å². The zero-order valence-electron chi connectivity index (χ0n) is 10.8. The van der Waals surface area contributed by atoms with Crippen LogP contribution in [0.4, 0.5) is 11.4 Å². The number of aromatic amines is 1. The fraction of sp³-hybridized carbons (Fsp3) is 0.250. The van der Waals surface area contributed by atoms with Crippen LogP contribution in [0.5, 0.6) is 0 Å². The van der Waals surface area contributed by atoms with Crippen molar-refractivity contribution in [3.05, 3.63) is 35.8 Å². The fourth-order valence-corrected chi connectivity index (χ4v) is 2.56. The van der Waals surface area contributed by atoms with Gasteiger partial charge in [-0.3, -0.25) is 4.72 Å². The average Bonchev–Trinajstić information content (AvgIpc) is 2.83. The molecule has 1 heterocycles. The number of imidazole rings is 1. The van der Waals surface area contributed by atoms with Gasteiger partial charge in [-0.1, -0.05) is 13.0 Å². The van der Waals surface area contributed by atoms with E-state index in [1.165, 1.54) is 6.20 Å². The highest BCUT2D eigenvalue weighted by atomic mass is 32.2. The molecule has 0 fully saturated rings. The third-order valence-electron chi connectivity index (χ3n) is 2.76. The van der Waals surface area contributed by atoms with Gasteiger partial charge in [0.1, 0.15) is 5.82 Å². The van der Waals surface area contributed by atoms with Crippen LogP contribution in [0.2, 0.25) is 0 Å². The van der Waals surface area contributed by atoms with Crippen molar-refractivity contribution >= 4 is 21.4 Å². The van der Waals surface area contributed by atoms with Crippen molar-refractivity contribution < 1.29 is 8.42 Å². The van der Waals surface area contributed by atoms with Crippen molar-refractivity contribution in [1.82, 2.24) is 9.97 Å². The van der Waals surface area contributed by atoms with Crippen LogP contribution in [-0.2, 0) is 16.4 Å². The van der Waals surface area contributed by atoms with E-state index < -0.39 is 10.0 Å². The molecule has 0 aliphatic heterocycles. The first-order chi connectivity index (χ1) is 8.92. The van der Waals surface area contributed by atoms with Crippen molar-refractivity contribution in [3.63, 3.8) is 0 Å². The summed E-state index contributed by atoms with van der Waals surface area (Å²) >= 11 is 0. The number of anilines is 2. The predicted molar refractivity (Wildman–Crippen MR) is 74.4 cm³/mol. The van der Waals surface area contributed by atoms with Crippen LogP contribution >= 0.6 is 0 Å². The van der Waals surface area contributed by atoms with E-state index in [0.717, 1.165) is 5.56 Å². The Kier molecular flexibility index (Phi) is 3.48. The molecular weight excluding hydrogens is 264 g/mol. The maximum atomic E-state index is 12.1. The van der Waals surface area contributed by atoms with Gasteiger partial charge in [0, 0.05) is 12.1 Å². The number of H-pyrrole nitrogens is 1. The summed E-state index contributed by atoms with van der Waals surface area (Å²) in [6.45, 7) is 3.75. The molecule has 1 aromatic heterocycles. The van der Waals surface area contributed by atoms with E-state index in [-0.39, 0.29) is 5.03 Å². The second-order valence-electron chi connectivity index (χ2n) is 4.22. The van der Waals surface area contributed by atoms with Crippen LogP contribution in [-0.4, -0.2) is 18.4 Å². The molecule has 0 unspecified atom stereocenters. The van der Waals surface area contributed by atoms with Crippen molar-refractivity contribution in [2.75, 3.05) is 10.5 Å². The van der Waals surface area contributed by atoms with Gasteiger partial charge in [0.15, 0.2) is 5.03 Å². The number of rotatable bonds is 4. The Bertz CT molecular complexity index is 692. The molecule has 0 spiro atoms. The molecular formula is C12H16N4O2S. The highest BCUT2D eigenvalue weighted by Crippen LogP contribution is 2.20. The van der Waals surface area contributed by atoms with Gasteiger partial charge in [-0.25, -0.2) is 4.98 Å². The zero-order chi connectivity index (χ0) is 14.0. The highest BCUT2D eigenvalue weighted by molar-refractivity contribution is 7.92. The van der Waals surface area contributed by atoms with Crippen LogP contribution in [0, 0.1) is 6.92 Å².